The van der Waals surface area contributed by atoms with Crippen LogP contribution in [0.1, 0.15) is 142 Å². The molecule has 1 saturated carbocycles. The number of aromatic hydroxyl groups is 2. The van der Waals surface area contributed by atoms with E-state index in [0.29, 0.717) is 11.5 Å². The molecule has 0 unspecified atom stereocenters. The summed E-state index contributed by atoms with van der Waals surface area (Å²) in [6, 6.07) is 8.57. The van der Waals surface area contributed by atoms with Crippen LogP contribution in [0.3, 0.4) is 0 Å². The van der Waals surface area contributed by atoms with Crippen molar-refractivity contribution in [2.45, 2.75) is 143 Å². The van der Waals surface area contributed by atoms with Gasteiger partial charge in [-0.05, 0) is 0 Å². The van der Waals surface area contributed by atoms with Crippen molar-refractivity contribution in [1.29, 1.82) is 0 Å². The second-order valence-corrected chi connectivity index (χ2v) is 16.6. The van der Waals surface area contributed by atoms with Gasteiger partial charge in [0, 0.05) is 0 Å². The van der Waals surface area contributed by atoms with Crippen LogP contribution in [0.4, 0.5) is 0 Å². The number of hydrogen-bond acceptors (Lipinski definition) is 3. The quantitative estimate of drug-likeness (QED) is 0.348. The molecule has 0 saturated heterocycles. The first-order chi connectivity index (χ1) is 18.6. The molecule has 1 aliphatic rings. The van der Waals surface area contributed by atoms with Gasteiger partial charge in [-0.1, -0.05) is 0 Å². The molecular formula is C36H54CoN2O2+2. The molecule has 0 amide bonds. The Morgan fingerprint density at radius 1 is 0.683 bits per heavy atom. The molecule has 2 aromatic carbocycles. The van der Waals surface area contributed by atoms with Crippen molar-refractivity contribution in [1.82, 2.24) is 4.99 Å². The third-order valence-corrected chi connectivity index (χ3v) is 8.76. The van der Waals surface area contributed by atoms with Gasteiger partial charge in [0.25, 0.3) is 0 Å². The Hall–Kier alpha value is -2.11. The summed E-state index contributed by atoms with van der Waals surface area (Å²) >= 11 is 5.02. The van der Waals surface area contributed by atoms with Crippen molar-refractivity contribution >= 4 is 12.4 Å². The van der Waals surface area contributed by atoms with E-state index < -0.39 is 0 Å². The summed E-state index contributed by atoms with van der Waals surface area (Å²) in [6.07, 6.45) is 8.00. The predicted octanol–water partition coefficient (Wildman–Crippen LogP) is 7.95. The molecule has 4 nitrogen and oxygen atoms in total. The normalized spacial score (nSPS) is 19.7. The maximum atomic E-state index is 11.3. The summed E-state index contributed by atoms with van der Waals surface area (Å²) in [6.45, 7) is 26.0. The maximum absolute atomic E-state index is 11.3. The van der Waals surface area contributed by atoms with Crippen LogP contribution in [0.2, 0.25) is 0 Å². The van der Waals surface area contributed by atoms with Gasteiger partial charge >= 0.3 is 259 Å². The predicted molar refractivity (Wildman–Crippen MR) is 170 cm³/mol. The van der Waals surface area contributed by atoms with Gasteiger partial charge in [0.15, 0.2) is 0 Å². The summed E-state index contributed by atoms with van der Waals surface area (Å²) in [7, 11) is 0. The SMILES string of the molecule is CC(C)(C)c1cc(C=[N+][C@H]2CCCC[C@@H]2[N+]([Co])=Cc2cc(C(C)(C)C)cc(C(C)(C)C)c2O)c(O)c(C(C)(C)C)c1. The van der Waals surface area contributed by atoms with E-state index in [2.05, 4.69) is 107 Å². The second-order valence-electron chi connectivity index (χ2n) is 16.1. The van der Waals surface area contributed by atoms with Crippen LogP contribution < -0.4 is 4.99 Å². The van der Waals surface area contributed by atoms with Gasteiger partial charge in [-0.2, -0.15) is 0 Å². The summed E-state index contributed by atoms with van der Waals surface area (Å²) in [5.41, 5.74) is 5.35. The zero-order chi connectivity index (χ0) is 31.1. The molecule has 2 aromatic rings. The van der Waals surface area contributed by atoms with Crippen molar-refractivity contribution in [2.75, 3.05) is 0 Å². The molecular weight excluding hydrogens is 551 g/mol. The average Bonchev–Trinajstić information content (AvgIpc) is 2.81. The number of hydrogen-bond donors (Lipinski definition) is 2. The first kappa shape index (κ1) is 33.4. The van der Waals surface area contributed by atoms with E-state index in [1.54, 1.807) is 0 Å². The average molecular weight is 606 g/mol. The van der Waals surface area contributed by atoms with E-state index in [1.807, 2.05) is 16.1 Å². The molecule has 1 fully saturated rings. The number of rotatable bonds is 4. The molecule has 5 heteroatoms. The fraction of sp³-hybridized carbons (Fsp3) is 0.611. The minimum absolute atomic E-state index is 0.0291. The molecule has 2 atom stereocenters. The minimum atomic E-state index is -0.193. The van der Waals surface area contributed by atoms with E-state index in [-0.39, 0.29) is 33.7 Å². The van der Waals surface area contributed by atoms with Gasteiger partial charge in [0.2, 0.25) is 0 Å². The summed E-state index contributed by atoms with van der Waals surface area (Å²) < 4.78 is 1.95. The number of phenols is 2. The number of aliphatic imine (C=N–C) groups is 1. The summed E-state index contributed by atoms with van der Waals surface area (Å²) in [5.74, 6) is 0.631. The molecule has 227 valence electrons. The Balaban J connectivity index is 2.06. The zero-order valence-corrected chi connectivity index (χ0v) is 28.6. The van der Waals surface area contributed by atoms with E-state index >= 15 is 0 Å². The third kappa shape index (κ3) is 8.04. The van der Waals surface area contributed by atoms with Gasteiger partial charge in [-0.3, -0.25) is 0 Å². The molecule has 0 aromatic heterocycles. The van der Waals surface area contributed by atoms with Crippen LogP contribution in [-0.4, -0.2) is 38.4 Å². The van der Waals surface area contributed by atoms with E-state index in [4.69, 9.17) is 20.9 Å². The molecule has 0 aliphatic heterocycles. The van der Waals surface area contributed by atoms with E-state index in [0.717, 1.165) is 47.9 Å². The Kier molecular flexibility index (Phi) is 9.67. The van der Waals surface area contributed by atoms with Crippen molar-refractivity contribution < 1.29 is 29.8 Å². The van der Waals surface area contributed by atoms with Gasteiger partial charge in [0.1, 0.15) is 0 Å². The monoisotopic (exact) mass is 605 g/mol. The van der Waals surface area contributed by atoms with E-state index in [1.165, 1.54) is 11.1 Å². The zero-order valence-electron chi connectivity index (χ0n) is 27.6. The van der Waals surface area contributed by atoms with Gasteiger partial charge in [-0.25, -0.2) is 0 Å². The van der Waals surface area contributed by atoms with Crippen LogP contribution in [0.15, 0.2) is 24.3 Å². The second kappa shape index (κ2) is 11.9. The van der Waals surface area contributed by atoms with Crippen molar-refractivity contribution in [2.24, 2.45) is 0 Å². The molecule has 2 N–H and O–H groups in total. The number of benzene rings is 2. The first-order valence-corrected chi connectivity index (χ1v) is 15.6. The molecule has 1 aliphatic carbocycles. The van der Waals surface area contributed by atoms with Crippen molar-refractivity contribution in [3.05, 3.63) is 57.6 Å². The Morgan fingerprint density at radius 3 is 1.59 bits per heavy atom. The molecule has 0 spiro atoms. The molecule has 0 bridgehead atoms. The van der Waals surface area contributed by atoms with Crippen molar-refractivity contribution in [3.63, 3.8) is 0 Å². The summed E-state index contributed by atoms with van der Waals surface area (Å²) in [4.78, 5) is 5.08. The van der Waals surface area contributed by atoms with Crippen LogP contribution in [0.25, 0.3) is 0 Å². The Labute approximate surface area is 258 Å². The third-order valence-electron chi connectivity index (χ3n) is 8.28. The molecule has 1 radical (unpaired) electrons. The molecule has 3 rings (SSSR count). The Morgan fingerprint density at radius 2 is 1.12 bits per heavy atom. The van der Waals surface area contributed by atoms with Crippen molar-refractivity contribution in [3.8, 4) is 11.5 Å². The molecule has 0 heterocycles. The van der Waals surface area contributed by atoms with Gasteiger partial charge < -0.3 is 0 Å². The fourth-order valence-electron chi connectivity index (χ4n) is 5.46. The van der Waals surface area contributed by atoms with Crippen LogP contribution >= 0.6 is 0 Å². The first-order valence-electron chi connectivity index (χ1n) is 15.2. The van der Waals surface area contributed by atoms with Crippen LogP contribution in [0, 0.1) is 0 Å². The van der Waals surface area contributed by atoms with E-state index in [9.17, 15) is 10.2 Å². The van der Waals surface area contributed by atoms with Gasteiger partial charge in [-0.15, -0.1) is 0 Å². The van der Waals surface area contributed by atoms with Gasteiger partial charge in [0.05, 0.1) is 0 Å². The number of phenolic OH excluding ortho intramolecular Hbond substituents is 2. The standard InChI is InChI=1S/C36H54N2O2.Co/c1-33(2,3)25-17-23(31(39)27(19-25)35(7,8)9)21-37-29-15-13-14-16-30(29)38-22-24-18-26(34(4,5)6)20-28(32(24)40)36(10,11)12;/h17-22,29-30,39-40H,13-16H2,1-12H3;/q2*+1/t29-,30-;/m0./s1. The van der Waals surface area contributed by atoms with Crippen LogP contribution in [-0.2, 0) is 37.6 Å². The topological polar surface area (TPSA) is 57.6 Å². The fourth-order valence-corrected chi connectivity index (χ4v) is 5.92. The Bertz CT molecular complexity index is 1310. The number of nitrogens with zero attached hydrogens (tertiary/aromatic N) is 2. The van der Waals surface area contributed by atoms with Crippen LogP contribution in [0.5, 0.6) is 11.5 Å². The molecule has 41 heavy (non-hydrogen) atoms. The summed E-state index contributed by atoms with van der Waals surface area (Å²) in [5, 5.41) is 22.6.